The number of rotatable bonds is 3. The molecule has 0 amide bonds. The lowest BCUT2D eigenvalue weighted by atomic mass is 10.1. The summed E-state index contributed by atoms with van der Waals surface area (Å²) in [6.07, 6.45) is 0.347. The number of halogens is 1. The zero-order valence-corrected chi connectivity index (χ0v) is 11.6. The molecule has 4 heteroatoms. The minimum absolute atomic E-state index is 0.347. The first-order chi connectivity index (χ1) is 9.19. The molecular weight excluding hydrogens is 306 g/mol. The third-order valence-electron chi connectivity index (χ3n) is 2.48. The van der Waals surface area contributed by atoms with E-state index in [4.69, 9.17) is 10.00 Å². The van der Waals surface area contributed by atoms with Gasteiger partial charge in [-0.2, -0.15) is 5.26 Å². The number of nitriles is 1. The van der Waals surface area contributed by atoms with Crippen LogP contribution in [-0.4, -0.2) is 5.97 Å². The Labute approximate surface area is 119 Å². The van der Waals surface area contributed by atoms with Crippen LogP contribution in [0.2, 0.25) is 0 Å². The van der Waals surface area contributed by atoms with Crippen molar-refractivity contribution in [2.75, 3.05) is 0 Å². The highest BCUT2D eigenvalue weighted by atomic mass is 79.9. The standard InChI is InChI=1S/C15H10BrNO2/c16-13-3-1-2-12(10-13)15(18)19-14-6-4-11(5-7-14)8-9-17/h1-7,10H,8H2. The van der Waals surface area contributed by atoms with Gasteiger partial charge in [-0.25, -0.2) is 4.79 Å². The SMILES string of the molecule is N#CCc1ccc(OC(=O)c2cccc(Br)c2)cc1. The highest BCUT2D eigenvalue weighted by molar-refractivity contribution is 9.10. The van der Waals surface area contributed by atoms with Crippen LogP contribution in [0.15, 0.2) is 53.0 Å². The number of hydrogen-bond acceptors (Lipinski definition) is 3. The quantitative estimate of drug-likeness (QED) is 0.640. The second kappa shape index (κ2) is 6.17. The van der Waals surface area contributed by atoms with Crippen LogP contribution in [-0.2, 0) is 6.42 Å². The predicted molar refractivity (Wildman–Crippen MR) is 74.9 cm³/mol. The molecule has 0 atom stereocenters. The average Bonchev–Trinajstić information content (AvgIpc) is 2.41. The maximum Gasteiger partial charge on any atom is 0.343 e. The average molecular weight is 316 g/mol. The molecule has 2 rings (SSSR count). The first-order valence-electron chi connectivity index (χ1n) is 5.62. The Balaban J connectivity index is 2.09. The molecule has 0 aliphatic heterocycles. The summed E-state index contributed by atoms with van der Waals surface area (Å²) in [5, 5.41) is 8.57. The molecule has 0 heterocycles. The fraction of sp³-hybridized carbons (Fsp3) is 0.0667. The lowest BCUT2D eigenvalue weighted by Crippen LogP contribution is -2.08. The molecule has 0 aromatic heterocycles. The second-order valence-electron chi connectivity index (χ2n) is 3.88. The Morgan fingerprint density at radius 1 is 1.21 bits per heavy atom. The lowest BCUT2D eigenvalue weighted by Gasteiger charge is -2.05. The topological polar surface area (TPSA) is 50.1 Å². The maximum atomic E-state index is 11.9. The number of carbonyl (C=O) groups excluding carboxylic acids is 1. The molecule has 0 aliphatic rings. The van der Waals surface area contributed by atoms with Crippen LogP contribution in [0.5, 0.6) is 5.75 Å². The van der Waals surface area contributed by atoms with E-state index in [0.29, 0.717) is 17.7 Å². The first kappa shape index (κ1) is 13.3. The summed E-state index contributed by atoms with van der Waals surface area (Å²) in [5.41, 5.74) is 1.38. The van der Waals surface area contributed by atoms with Crippen molar-refractivity contribution in [1.82, 2.24) is 0 Å². The van der Waals surface area contributed by atoms with Gasteiger partial charge in [0.2, 0.25) is 0 Å². The van der Waals surface area contributed by atoms with E-state index in [1.165, 1.54) is 0 Å². The van der Waals surface area contributed by atoms with E-state index >= 15 is 0 Å². The summed E-state index contributed by atoms with van der Waals surface area (Å²) < 4.78 is 6.07. The van der Waals surface area contributed by atoms with E-state index in [1.54, 1.807) is 42.5 Å². The second-order valence-corrected chi connectivity index (χ2v) is 4.79. The van der Waals surface area contributed by atoms with E-state index in [1.807, 2.05) is 6.07 Å². The van der Waals surface area contributed by atoms with Crippen molar-refractivity contribution in [1.29, 1.82) is 5.26 Å². The van der Waals surface area contributed by atoms with Gasteiger partial charge in [0, 0.05) is 4.47 Å². The number of esters is 1. The van der Waals surface area contributed by atoms with Crippen molar-refractivity contribution >= 4 is 21.9 Å². The van der Waals surface area contributed by atoms with Gasteiger partial charge in [0.25, 0.3) is 0 Å². The Kier molecular flexibility index (Phi) is 4.32. The van der Waals surface area contributed by atoms with Crippen LogP contribution in [0.3, 0.4) is 0 Å². The third kappa shape index (κ3) is 3.67. The van der Waals surface area contributed by atoms with Crippen molar-refractivity contribution in [3.05, 3.63) is 64.1 Å². The molecule has 0 N–H and O–H groups in total. The van der Waals surface area contributed by atoms with Crippen LogP contribution in [0.4, 0.5) is 0 Å². The zero-order valence-electron chi connectivity index (χ0n) is 9.97. The maximum absolute atomic E-state index is 11.9. The summed E-state index contributed by atoms with van der Waals surface area (Å²) in [7, 11) is 0. The first-order valence-corrected chi connectivity index (χ1v) is 6.42. The molecule has 0 unspecified atom stereocenters. The highest BCUT2D eigenvalue weighted by Gasteiger charge is 2.08. The Bertz CT molecular complexity index is 629. The molecule has 94 valence electrons. The normalized spacial score (nSPS) is 9.68. The largest absolute Gasteiger partial charge is 0.423 e. The van der Waals surface area contributed by atoms with Crippen molar-refractivity contribution in [2.45, 2.75) is 6.42 Å². The molecule has 0 aliphatic carbocycles. The molecule has 0 spiro atoms. The fourth-order valence-electron chi connectivity index (χ4n) is 1.55. The summed E-state index contributed by atoms with van der Waals surface area (Å²) in [6, 6.07) is 16.0. The van der Waals surface area contributed by atoms with E-state index < -0.39 is 5.97 Å². The molecule has 0 fully saturated rings. The molecule has 3 nitrogen and oxygen atoms in total. The zero-order chi connectivity index (χ0) is 13.7. The monoisotopic (exact) mass is 315 g/mol. The van der Waals surface area contributed by atoms with Crippen molar-refractivity contribution < 1.29 is 9.53 Å². The number of carbonyl (C=O) groups is 1. The molecule has 2 aromatic carbocycles. The van der Waals surface area contributed by atoms with Gasteiger partial charge in [0.05, 0.1) is 18.1 Å². The van der Waals surface area contributed by atoms with Gasteiger partial charge in [-0.15, -0.1) is 0 Å². The van der Waals surface area contributed by atoms with E-state index in [-0.39, 0.29) is 0 Å². The van der Waals surface area contributed by atoms with Gasteiger partial charge in [-0.3, -0.25) is 0 Å². The van der Waals surface area contributed by atoms with E-state index in [2.05, 4.69) is 22.0 Å². The molecule has 0 saturated carbocycles. The molecular formula is C15H10BrNO2. The van der Waals surface area contributed by atoms with Gasteiger partial charge in [0.1, 0.15) is 5.75 Å². The Hall–Kier alpha value is -2.12. The number of nitrogens with zero attached hydrogens (tertiary/aromatic N) is 1. The van der Waals surface area contributed by atoms with Crippen molar-refractivity contribution in [3.8, 4) is 11.8 Å². The minimum Gasteiger partial charge on any atom is -0.423 e. The Morgan fingerprint density at radius 3 is 2.58 bits per heavy atom. The number of ether oxygens (including phenoxy) is 1. The van der Waals surface area contributed by atoms with Crippen LogP contribution in [0.1, 0.15) is 15.9 Å². The van der Waals surface area contributed by atoms with E-state index in [9.17, 15) is 4.79 Å². The number of hydrogen-bond donors (Lipinski definition) is 0. The third-order valence-corrected chi connectivity index (χ3v) is 2.97. The lowest BCUT2D eigenvalue weighted by molar-refractivity contribution is 0.0734. The highest BCUT2D eigenvalue weighted by Crippen LogP contribution is 2.16. The van der Waals surface area contributed by atoms with Crippen LogP contribution < -0.4 is 4.74 Å². The molecule has 2 aromatic rings. The molecule has 0 bridgehead atoms. The van der Waals surface area contributed by atoms with Crippen molar-refractivity contribution in [3.63, 3.8) is 0 Å². The molecule has 0 saturated heterocycles. The molecule has 0 radical (unpaired) electrons. The predicted octanol–water partition coefficient (Wildman–Crippen LogP) is 3.73. The van der Waals surface area contributed by atoms with Gasteiger partial charge in [-0.05, 0) is 35.9 Å². The summed E-state index contributed by atoms with van der Waals surface area (Å²) >= 11 is 3.30. The fourth-order valence-corrected chi connectivity index (χ4v) is 1.95. The van der Waals surface area contributed by atoms with Gasteiger partial charge in [0.15, 0.2) is 0 Å². The van der Waals surface area contributed by atoms with Crippen LogP contribution >= 0.6 is 15.9 Å². The Morgan fingerprint density at radius 2 is 1.95 bits per heavy atom. The summed E-state index contributed by atoms with van der Waals surface area (Å²) in [6.45, 7) is 0. The summed E-state index contributed by atoms with van der Waals surface area (Å²) in [5.74, 6) is 0.0565. The van der Waals surface area contributed by atoms with E-state index in [0.717, 1.165) is 10.0 Å². The van der Waals surface area contributed by atoms with Crippen LogP contribution in [0, 0.1) is 11.3 Å². The van der Waals surface area contributed by atoms with Gasteiger partial charge in [-0.1, -0.05) is 34.1 Å². The van der Waals surface area contributed by atoms with Crippen LogP contribution in [0.25, 0.3) is 0 Å². The van der Waals surface area contributed by atoms with Gasteiger partial charge < -0.3 is 4.74 Å². The smallest absolute Gasteiger partial charge is 0.343 e. The minimum atomic E-state index is -0.408. The summed E-state index contributed by atoms with van der Waals surface area (Å²) in [4.78, 5) is 11.9. The molecule has 19 heavy (non-hydrogen) atoms. The van der Waals surface area contributed by atoms with Gasteiger partial charge >= 0.3 is 5.97 Å². The number of benzene rings is 2. The van der Waals surface area contributed by atoms with Crippen molar-refractivity contribution in [2.24, 2.45) is 0 Å².